The van der Waals surface area contributed by atoms with Crippen molar-refractivity contribution in [3.05, 3.63) is 19.0 Å². The number of pyridine rings is 1. The maximum Gasteiger partial charge on any atom is 0.155 e. The lowest BCUT2D eigenvalue weighted by molar-refractivity contribution is 0.261. The third-order valence-electron chi connectivity index (χ3n) is 1.67. The maximum absolute atomic E-state index is 8.96. The van der Waals surface area contributed by atoms with Gasteiger partial charge in [-0.3, -0.25) is 0 Å². The van der Waals surface area contributed by atoms with Gasteiger partial charge in [0.05, 0.1) is 23.3 Å². The van der Waals surface area contributed by atoms with E-state index in [1.165, 1.54) is 0 Å². The van der Waals surface area contributed by atoms with E-state index in [4.69, 9.17) is 15.6 Å². The van der Waals surface area contributed by atoms with E-state index in [0.717, 1.165) is 7.27 Å². The van der Waals surface area contributed by atoms with Crippen LogP contribution in [-0.4, -0.2) is 23.8 Å². The van der Waals surface area contributed by atoms with Crippen molar-refractivity contribution in [2.24, 2.45) is 5.73 Å². The molecule has 0 radical (unpaired) electrons. The molecule has 0 fully saturated rings. The molecule has 0 amide bonds. The Bertz CT molecular complexity index is 333. The second-order valence-electron chi connectivity index (χ2n) is 2.63. The van der Waals surface area contributed by atoms with E-state index in [-0.39, 0.29) is 6.61 Å². The number of halogens is 2. The van der Waals surface area contributed by atoms with Gasteiger partial charge >= 0.3 is 0 Å². The summed E-state index contributed by atoms with van der Waals surface area (Å²) >= 11 is 4.26. The van der Waals surface area contributed by atoms with Crippen molar-refractivity contribution in [2.75, 3.05) is 13.7 Å². The predicted octanol–water partition coefficient (Wildman–Crippen LogP) is 1.29. The second kappa shape index (κ2) is 5.42. The molecule has 1 heterocycles. The highest BCUT2D eigenvalue weighted by Crippen LogP contribution is 2.28. The molecular formula is C8H10I2N2O2. The summed E-state index contributed by atoms with van der Waals surface area (Å²) in [5.74, 6) is 0.646. The summed E-state index contributed by atoms with van der Waals surface area (Å²) in [5, 5.41) is 8.96. The number of methoxy groups -OCH3 is 1. The maximum atomic E-state index is 8.96. The molecule has 0 bridgehead atoms. The number of ether oxygens (including phenoxy) is 1. The number of nitrogens with zero attached hydrogens (tertiary/aromatic N) is 1. The van der Waals surface area contributed by atoms with Gasteiger partial charge in [0.1, 0.15) is 9.39 Å². The van der Waals surface area contributed by atoms with Crippen molar-refractivity contribution in [3.63, 3.8) is 0 Å². The van der Waals surface area contributed by atoms with Crippen molar-refractivity contribution < 1.29 is 9.84 Å². The molecule has 0 aliphatic heterocycles. The molecule has 3 N–H and O–H groups in total. The summed E-state index contributed by atoms with van der Waals surface area (Å²) in [6, 6.07) is 1.40. The van der Waals surface area contributed by atoms with Crippen LogP contribution in [0.15, 0.2) is 6.07 Å². The minimum Gasteiger partial charge on any atom is -0.494 e. The van der Waals surface area contributed by atoms with E-state index in [9.17, 15) is 0 Å². The topological polar surface area (TPSA) is 68.4 Å². The zero-order valence-corrected chi connectivity index (χ0v) is 11.8. The number of rotatable bonds is 3. The van der Waals surface area contributed by atoms with Gasteiger partial charge in [-0.25, -0.2) is 4.98 Å². The molecule has 1 aromatic rings. The average Bonchev–Trinajstić information content (AvgIpc) is 2.15. The van der Waals surface area contributed by atoms with Crippen molar-refractivity contribution in [1.29, 1.82) is 0 Å². The Hall–Kier alpha value is 0.330. The fourth-order valence-electron chi connectivity index (χ4n) is 1.03. The van der Waals surface area contributed by atoms with Gasteiger partial charge in [0.25, 0.3) is 0 Å². The molecule has 1 atom stereocenters. The van der Waals surface area contributed by atoms with Gasteiger partial charge in [-0.15, -0.1) is 0 Å². The zero-order valence-electron chi connectivity index (χ0n) is 7.50. The van der Waals surface area contributed by atoms with Crippen LogP contribution in [0, 0.1) is 7.27 Å². The van der Waals surface area contributed by atoms with Crippen LogP contribution in [0.1, 0.15) is 11.7 Å². The second-order valence-corrected chi connectivity index (χ2v) is 4.90. The van der Waals surface area contributed by atoms with Crippen molar-refractivity contribution in [2.45, 2.75) is 6.04 Å². The molecule has 0 aliphatic carbocycles. The van der Waals surface area contributed by atoms with Gasteiger partial charge in [-0.1, -0.05) is 0 Å². The number of nitrogens with two attached hydrogens (primary N) is 1. The Morgan fingerprint density at radius 3 is 2.79 bits per heavy atom. The summed E-state index contributed by atoms with van der Waals surface area (Å²) < 4.78 is 6.98. The predicted molar refractivity (Wildman–Crippen MR) is 70.2 cm³/mol. The fourth-order valence-corrected chi connectivity index (χ4v) is 2.99. The standard InChI is InChI=1S/C8H10I2N2O2/c1-14-8-4(9)2-6(10)12-7(8)5(11)3-13/h2,5,13H,3,11H2,1H3/t5-/m0/s1. The number of aliphatic hydroxyl groups is 1. The van der Waals surface area contributed by atoms with E-state index in [1.54, 1.807) is 7.11 Å². The van der Waals surface area contributed by atoms with Crippen LogP contribution >= 0.6 is 45.2 Å². The first kappa shape index (κ1) is 12.4. The van der Waals surface area contributed by atoms with Crippen LogP contribution < -0.4 is 10.5 Å². The molecule has 0 aliphatic rings. The van der Waals surface area contributed by atoms with Crippen LogP contribution in [0.2, 0.25) is 0 Å². The Morgan fingerprint density at radius 2 is 2.29 bits per heavy atom. The minimum atomic E-state index is -0.492. The smallest absolute Gasteiger partial charge is 0.155 e. The Balaban J connectivity index is 3.24. The van der Waals surface area contributed by atoms with Crippen molar-refractivity contribution in [1.82, 2.24) is 4.98 Å². The van der Waals surface area contributed by atoms with Gasteiger partial charge in [0.15, 0.2) is 5.75 Å². The first-order valence-electron chi connectivity index (χ1n) is 3.86. The van der Waals surface area contributed by atoms with E-state index in [2.05, 4.69) is 50.2 Å². The van der Waals surface area contributed by atoms with E-state index in [0.29, 0.717) is 11.4 Å². The highest BCUT2D eigenvalue weighted by atomic mass is 127. The fraction of sp³-hybridized carbons (Fsp3) is 0.375. The molecule has 78 valence electrons. The number of aliphatic hydroxyl groups excluding tert-OH is 1. The average molecular weight is 420 g/mol. The lowest BCUT2D eigenvalue weighted by Gasteiger charge is -2.14. The van der Waals surface area contributed by atoms with Crippen LogP contribution in [0.4, 0.5) is 0 Å². The molecule has 0 aromatic carbocycles. The lowest BCUT2D eigenvalue weighted by Crippen LogP contribution is -2.18. The van der Waals surface area contributed by atoms with Crippen molar-refractivity contribution >= 4 is 45.2 Å². The van der Waals surface area contributed by atoms with E-state index in [1.807, 2.05) is 6.07 Å². The van der Waals surface area contributed by atoms with E-state index >= 15 is 0 Å². The summed E-state index contributed by atoms with van der Waals surface area (Å²) in [5.41, 5.74) is 6.31. The van der Waals surface area contributed by atoms with Gasteiger partial charge in [-0.05, 0) is 51.2 Å². The van der Waals surface area contributed by atoms with Gasteiger partial charge in [0.2, 0.25) is 0 Å². The Labute approximate surface area is 110 Å². The van der Waals surface area contributed by atoms with Gasteiger partial charge < -0.3 is 15.6 Å². The van der Waals surface area contributed by atoms with E-state index < -0.39 is 6.04 Å². The quantitative estimate of drug-likeness (QED) is 0.572. The Kier molecular flexibility index (Phi) is 4.80. The summed E-state index contributed by atoms with van der Waals surface area (Å²) in [6.07, 6.45) is 0. The third-order valence-corrected chi connectivity index (χ3v) is 3.03. The molecule has 14 heavy (non-hydrogen) atoms. The molecule has 1 aromatic heterocycles. The summed E-state index contributed by atoms with van der Waals surface area (Å²) in [6.45, 7) is -0.139. The number of aromatic nitrogens is 1. The molecule has 6 heteroatoms. The summed E-state index contributed by atoms with van der Waals surface area (Å²) in [4.78, 5) is 4.25. The molecule has 0 spiro atoms. The molecule has 1 rings (SSSR count). The number of hydrogen-bond donors (Lipinski definition) is 2. The minimum absolute atomic E-state index is 0.139. The molecule has 0 saturated carbocycles. The normalized spacial score (nSPS) is 12.6. The van der Waals surface area contributed by atoms with Crippen molar-refractivity contribution in [3.8, 4) is 5.75 Å². The van der Waals surface area contributed by atoms with Gasteiger partial charge in [-0.2, -0.15) is 0 Å². The highest BCUT2D eigenvalue weighted by Gasteiger charge is 2.16. The van der Waals surface area contributed by atoms with Crippen LogP contribution in [0.25, 0.3) is 0 Å². The highest BCUT2D eigenvalue weighted by molar-refractivity contribution is 14.1. The molecule has 0 unspecified atom stereocenters. The zero-order chi connectivity index (χ0) is 10.7. The summed E-state index contributed by atoms with van der Waals surface area (Å²) in [7, 11) is 1.57. The Morgan fingerprint density at radius 1 is 1.64 bits per heavy atom. The van der Waals surface area contributed by atoms with Gasteiger partial charge in [0, 0.05) is 0 Å². The lowest BCUT2D eigenvalue weighted by atomic mass is 10.2. The SMILES string of the molecule is COc1c(I)cc(I)nc1[C@@H](N)CO. The van der Waals surface area contributed by atoms with Crippen LogP contribution in [0.5, 0.6) is 5.75 Å². The molecule has 0 saturated heterocycles. The van der Waals surface area contributed by atoms with Crippen LogP contribution in [-0.2, 0) is 0 Å². The molecular weight excluding hydrogens is 410 g/mol. The number of hydrogen-bond acceptors (Lipinski definition) is 4. The third kappa shape index (κ3) is 2.67. The largest absolute Gasteiger partial charge is 0.494 e. The monoisotopic (exact) mass is 420 g/mol. The first-order chi connectivity index (χ1) is 6.60. The first-order valence-corrected chi connectivity index (χ1v) is 6.02. The molecule has 4 nitrogen and oxygen atoms in total. The van der Waals surface area contributed by atoms with Crippen LogP contribution in [0.3, 0.4) is 0 Å².